The standard InChI is InChI=1S/C18H22F2N2O4/c19-12-1-2-15(20)14(3-12)17-16(21-18(23)24)4-13(9-26-17)22-5-10-7-25-8-11(10)6-22/h1-3,10-11,13,16-17,21H,4-9H2,(H,23,24)/t10?,11?,13-,16+,17+/m1/s1. The largest absolute Gasteiger partial charge is 0.465 e. The highest BCUT2D eigenvalue weighted by Gasteiger charge is 2.43. The number of ether oxygens (including phenoxy) is 2. The van der Waals surface area contributed by atoms with E-state index in [0.29, 0.717) is 24.9 Å². The van der Waals surface area contributed by atoms with Crippen LogP contribution in [0.4, 0.5) is 13.6 Å². The summed E-state index contributed by atoms with van der Waals surface area (Å²) in [5, 5.41) is 11.6. The fourth-order valence-corrected chi connectivity index (χ4v) is 4.42. The van der Waals surface area contributed by atoms with Crippen molar-refractivity contribution in [2.45, 2.75) is 24.6 Å². The number of nitrogens with one attached hydrogen (secondary N) is 1. The highest BCUT2D eigenvalue weighted by molar-refractivity contribution is 5.65. The molecule has 6 nitrogen and oxygen atoms in total. The molecule has 2 unspecified atom stereocenters. The van der Waals surface area contributed by atoms with Crippen LogP contribution in [-0.4, -0.2) is 61.1 Å². The molecule has 3 fully saturated rings. The number of fused-ring (bicyclic) bond motifs is 1. The number of nitrogens with zero attached hydrogens (tertiary/aromatic N) is 1. The molecule has 26 heavy (non-hydrogen) atoms. The third-order valence-corrected chi connectivity index (χ3v) is 5.72. The predicted octanol–water partition coefficient (Wildman–Crippen LogP) is 2.01. The summed E-state index contributed by atoms with van der Waals surface area (Å²) in [5.74, 6) is -0.146. The maximum Gasteiger partial charge on any atom is 0.404 e. The van der Waals surface area contributed by atoms with Gasteiger partial charge in [0.2, 0.25) is 0 Å². The molecule has 4 rings (SSSR count). The van der Waals surface area contributed by atoms with Crippen LogP contribution in [0.1, 0.15) is 18.1 Å². The lowest BCUT2D eigenvalue weighted by molar-refractivity contribution is -0.0568. The van der Waals surface area contributed by atoms with E-state index in [-0.39, 0.29) is 11.6 Å². The van der Waals surface area contributed by atoms with Crippen molar-refractivity contribution in [2.24, 2.45) is 11.8 Å². The Labute approximate surface area is 150 Å². The Morgan fingerprint density at radius 2 is 1.92 bits per heavy atom. The van der Waals surface area contributed by atoms with E-state index in [1.165, 1.54) is 0 Å². The van der Waals surface area contributed by atoms with Crippen molar-refractivity contribution < 1.29 is 28.2 Å². The van der Waals surface area contributed by atoms with Crippen molar-refractivity contribution in [1.82, 2.24) is 10.2 Å². The zero-order valence-electron chi connectivity index (χ0n) is 14.2. The molecular weight excluding hydrogens is 346 g/mol. The third-order valence-electron chi connectivity index (χ3n) is 5.72. The van der Waals surface area contributed by atoms with Crippen LogP contribution in [0.3, 0.4) is 0 Å². The molecule has 8 heteroatoms. The number of carbonyl (C=O) groups is 1. The monoisotopic (exact) mass is 368 g/mol. The van der Waals surface area contributed by atoms with E-state index >= 15 is 0 Å². The topological polar surface area (TPSA) is 71.0 Å². The van der Waals surface area contributed by atoms with Crippen molar-refractivity contribution in [3.8, 4) is 0 Å². The van der Waals surface area contributed by atoms with E-state index in [2.05, 4.69) is 10.2 Å². The van der Waals surface area contributed by atoms with Gasteiger partial charge in [0.05, 0.1) is 25.9 Å². The maximum absolute atomic E-state index is 14.2. The zero-order chi connectivity index (χ0) is 18.3. The summed E-state index contributed by atoms with van der Waals surface area (Å²) >= 11 is 0. The second-order valence-electron chi connectivity index (χ2n) is 7.38. The summed E-state index contributed by atoms with van der Waals surface area (Å²) < 4.78 is 39.1. The fourth-order valence-electron chi connectivity index (χ4n) is 4.42. The Balaban J connectivity index is 1.51. The smallest absolute Gasteiger partial charge is 0.404 e. The van der Waals surface area contributed by atoms with Gasteiger partial charge in [-0.1, -0.05) is 0 Å². The number of rotatable bonds is 3. The Hall–Kier alpha value is -1.77. The molecular formula is C18H22F2N2O4. The van der Waals surface area contributed by atoms with Gasteiger partial charge in [-0.3, -0.25) is 4.90 Å². The Kier molecular flexibility index (Phi) is 4.81. The van der Waals surface area contributed by atoms with Crippen molar-refractivity contribution in [3.05, 3.63) is 35.4 Å². The number of carboxylic acid groups (broad SMARTS) is 1. The van der Waals surface area contributed by atoms with Gasteiger partial charge in [-0.25, -0.2) is 13.6 Å². The molecule has 3 saturated heterocycles. The normalized spacial score (nSPS) is 34.6. The molecule has 0 radical (unpaired) electrons. The molecule has 0 spiro atoms. The van der Waals surface area contributed by atoms with Gasteiger partial charge in [-0.15, -0.1) is 0 Å². The van der Waals surface area contributed by atoms with E-state index in [4.69, 9.17) is 9.47 Å². The average molecular weight is 368 g/mol. The van der Waals surface area contributed by atoms with E-state index in [1.807, 2.05) is 0 Å². The van der Waals surface area contributed by atoms with Gasteiger partial charge in [0.1, 0.15) is 17.7 Å². The first kappa shape index (κ1) is 17.6. The third kappa shape index (κ3) is 3.41. The number of halogens is 2. The van der Waals surface area contributed by atoms with Crippen molar-refractivity contribution >= 4 is 6.09 Å². The van der Waals surface area contributed by atoms with Gasteiger partial charge in [-0.05, 0) is 24.6 Å². The molecule has 2 N–H and O–H groups in total. The van der Waals surface area contributed by atoms with Crippen LogP contribution in [-0.2, 0) is 9.47 Å². The van der Waals surface area contributed by atoms with Crippen LogP contribution in [0.25, 0.3) is 0 Å². The van der Waals surface area contributed by atoms with Gasteiger partial charge in [0, 0.05) is 36.5 Å². The lowest BCUT2D eigenvalue weighted by Crippen LogP contribution is -2.51. The molecule has 1 amide bonds. The predicted molar refractivity (Wildman–Crippen MR) is 87.8 cm³/mol. The van der Waals surface area contributed by atoms with E-state index < -0.39 is 29.9 Å². The van der Waals surface area contributed by atoms with Crippen molar-refractivity contribution in [2.75, 3.05) is 32.9 Å². The number of amides is 1. The first-order valence-corrected chi connectivity index (χ1v) is 8.89. The number of benzene rings is 1. The SMILES string of the molecule is O=C(O)N[C@H]1C[C@@H](N2CC3COCC3C2)CO[C@H]1c1cc(F)ccc1F. The minimum atomic E-state index is -1.20. The quantitative estimate of drug-likeness (QED) is 0.854. The molecule has 5 atom stereocenters. The summed E-state index contributed by atoms with van der Waals surface area (Å²) in [5.41, 5.74) is 0.0499. The molecule has 0 aliphatic carbocycles. The van der Waals surface area contributed by atoms with Gasteiger partial charge >= 0.3 is 6.09 Å². The molecule has 0 aromatic heterocycles. The number of hydrogen-bond acceptors (Lipinski definition) is 4. The minimum absolute atomic E-state index is 0.0466. The molecule has 3 aliphatic rings. The minimum Gasteiger partial charge on any atom is -0.465 e. The summed E-state index contributed by atoms with van der Waals surface area (Å²) in [6.45, 7) is 3.69. The highest BCUT2D eigenvalue weighted by atomic mass is 19.1. The Morgan fingerprint density at radius 3 is 2.62 bits per heavy atom. The van der Waals surface area contributed by atoms with E-state index in [9.17, 15) is 18.7 Å². The van der Waals surface area contributed by atoms with Crippen LogP contribution in [0.2, 0.25) is 0 Å². The zero-order valence-corrected chi connectivity index (χ0v) is 14.2. The fraction of sp³-hybridized carbons (Fsp3) is 0.611. The van der Waals surface area contributed by atoms with E-state index in [1.54, 1.807) is 0 Å². The lowest BCUT2D eigenvalue weighted by atomic mass is 9.92. The molecule has 0 saturated carbocycles. The molecule has 3 heterocycles. The number of likely N-dealkylation sites (tertiary alicyclic amines) is 1. The molecule has 1 aromatic rings. The molecule has 0 bridgehead atoms. The average Bonchev–Trinajstić information content (AvgIpc) is 3.18. The summed E-state index contributed by atoms with van der Waals surface area (Å²) in [6, 6.07) is 2.56. The van der Waals surface area contributed by atoms with Crippen molar-refractivity contribution in [3.63, 3.8) is 0 Å². The van der Waals surface area contributed by atoms with Crippen LogP contribution < -0.4 is 5.32 Å². The second-order valence-corrected chi connectivity index (χ2v) is 7.38. The van der Waals surface area contributed by atoms with Crippen molar-refractivity contribution in [1.29, 1.82) is 0 Å². The van der Waals surface area contributed by atoms with Gasteiger partial charge in [-0.2, -0.15) is 0 Å². The molecule has 142 valence electrons. The summed E-state index contributed by atoms with van der Waals surface area (Å²) in [4.78, 5) is 13.5. The van der Waals surface area contributed by atoms with Crippen LogP contribution in [0, 0.1) is 23.5 Å². The summed E-state index contributed by atoms with van der Waals surface area (Å²) in [7, 11) is 0. The second kappa shape index (κ2) is 7.09. The highest BCUT2D eigenvalue weighted by Crippen LogP contribution is 2.36. The lowest BCUT2D eigenvalue weighted by Gasteiger charge is -2.40. The van der Waals surface area contributed by atoms with Crippen LogP contribution in [0.5, 0.6) is 0 Å². The number of hydrogen-bond donors (Lipinski definition) is 2. The summed E-state index contributed by atoms with van der Waals surface area (Å²) in [6.07, 6.45) is -1.55. The Bertz CT molecular complexity index is 677. The molecule has 1 aromatic carbocycles. The van der Waals surface area contributed by atoms with E-state index in [0.717, 1.165) is 44.5 Å². The van der Waals surface area contributed by atoms with Gasteiger partial charge in [0.25, 0.3) is 0 Å². The van der Waals surface area contributed by atoms with Gasteiger partial charge < -0.3 is 19.9 Å². The van der Waals surface area contributed by atoms with Gasteiger partial charge in [0.15, 0.2) is 0 Å². The molecule has 3 aliphatic heterocycles. The first-order chi connectivity index (χ1) is 12.5. The maximum atomic E-state index is 14.2. The first-order valence-electron chi connectivity index (χ1n) is 8.89. The van der Waals surface area contributed by atoms with Crippen LogP contribution in [0.15, 0.2) is 18.2 Å². The van der Waals surface area contributed by atoms with Crippen LogP contribution >= 0.6 is 0 Å². The Morgan fingerprint density at radius 1 is 1.19 bits per heavy atom.